The molecule has 0 bridgehead atoms. The highest BCUT2D eigenvalue weighted by atomic mass is 79.9. The molecule has 0 radical (unpaired) electrons. The topological polar surface area (TPSA) is 82.0 Å². The van der Waals surface area contributed by atoms with E-state index in [1.807, 2.05) is 6.92 Å². The number of thiazole rings is 1. The van der Waals surface area contributed by atoms with Crippen LogP contribution in [0.4, 0.5) is 0 Å². The summed E-state index contributed by atoms with van der Waals surface area (Å²) < 4.78 is 0.947. The van der Waals surface area contributed by atoms with Crippen LogP contribution in [-0.2, 0) is 4.79 Å². The number of hydrogen-bond acceptors (Lipinski definition) is 4. The molecule has 6 heteroatoms. The van der Waals surface area contributed by atoms with Gasteiger partial charge < -0.3 is 11.5 Å². The van der Waals surface area contributed by atoms with Crippen LogP contribution in [0.1, 0.15) is 23.2 Å². The van der Waals surface area contributed by atoms with Gasteiger partial charge in [-0.25, -0.2) is 4.98 Å². The van der Waals surface area contributed by atoms with Gasteiger partial charge in [-0.15, -0.1) is 11.3 Å². The van der Waals surface area contributed by atoms with Gasteiger partial charge in [0.1, 0.15) is 5.01 Å². The van der Waals surface area contributed by atoms with Crippen LogP contribution in [0, 0.1) is 6.92 Å². The first-order valence-electron chi connectivity index (χ1n) is 3.67. The number of carbonyl (C=O) groups excluding carboxylic acids is 1. The highest BCUT2D eigenvalue weighted by Gasteiger charge is 2.14. The Morgan fingerprint density at radius 1 is 1.77 bits per heavy atom. The molecule has 0 aromatic carbocycles. The van der Waals surface area contributed by atoms with Gasteiger partial charge in [0.25, 0.3) is 0 Å². The monoisotopic (exact) mass is 263 g/mol. The lowest BCUT2D eigenvalue weighted by Crippen LogP contribution is -2.20. The van der Waals surface area contributed by atoms with E-state index in [9.17, 15) is 4.79 Å². The van der Waals surface area contributed by atoms with E-state index in [0.717, 1.165) is 14.5 Å². The number of aromatic nitrogens is 1. The number of hydrogen-bond donors (Lipinski definition) is 2. The molecule has 4 nitrogen and oxygen atoms in total. The Kier molecular flexibility index (Phi) is 3.40. The second-order valence-electron chi connectivity index (χ2n) is 2.69. The molecule has 0 spiro atoms. The van der Waals surface area contributed by atoms with E-state index in [2.05, 4.69) is 20.9 Å². The quantitative estimate of drug-likeness (QED) is 0.857. The zero-order valence-corrected chi connectivity index (χ0v) is 9.48. The Morgan fingerprint density at radius 3 is 2.77 bits per heavy atom. The zero-order chi connectivity index (χ0) is 10.0. The molecule has 4 N–H and O–H groups in total. The minimum Gasteiger partial charge on any atom is -0.370 e. The van der Waals surface area contributed by atoms with Crippen LogP contribution >= 0.6 is 27.3 Å². The molecule has 0 aliphatic rings. The molecule has 1 aromatic heterocycles. The van der Waals surface area contributed by atoms with Gasteiger partial charge in [0.2, 0.25) is 5.91 Å². The fourth-order valence-electron chi connectivity index (χ4n) is 0.860. The maximum atomic E-state index is 10.6. The van der Waals surface area contributed by atoms with Crippen LogP contribution < -0.4 is 11.5 Å². The van der Waals surface area contributed by atoms with Gasteiger partial charge in [-0.2, -0.15) is 0 Å². The Morgan fingerprint density at radius 2 is 2.38 bits per heavy atom. The van der Waals surface area contributed by atoms with Crippen molar-refractivity contribution in [2.24, 2.45) is 11.5 Å². The lowest BCUT2D eigenvalue weighted by Gasteiger charge is -2.03. The Hall–Kier alpha value is -0.460. The number of nitrogens with two attached hydrogens (primary N) is 2. The molecule has 1 amide bonds. The average Bonchev–Trinajstić information content (AvgIpc) is 2.31. The summed E-state index contributed by atoms with van der Waals surface area (Å²) in [6.07, 6.45) is 0.138. The number of halogens is 1. The summed E-state index contributed by atoms with van der Waals surface area (Å²) in [4.78, 5) is 14.8. The number of carbonyl (C=O) groups is 1. The summed E-state index contributed by atoms with van der Waals surface area (Å²) in [5, 5.41) is 0.739. The molecule has 1 heterocycles. The first-order valence-corrected chi connectivity index (χ1v) is 5.28. The SMILES string of the molecule is Cc1nc(C(N)CC(N)=O)sc1Br. The maximum absolute atomic E-state index is 10.6. The third-order valence-corrected chi connectivity index (χ3v) is 3.63. The van der Waals surface area contributed by atoms with Gasteiger partial charge in [-0.05, 0) is 22.9 Å². The second kappa shape index (κ2) is 4.17. The van der Waals surface area contributed by atoms with Crippen LogP contribution in [-0.4, -0.2) is 10.9 Å². The number of aryl methyl sites for hydroxylation is 1. The maximum Gasteiger partial charge on any atom is 0.219 e. The van der Waals surface area contributed by atoms with Crippen molar-refractivity contribution < 1.29 is 4.79 Å². The summed E-state index contributed by atoms with van der Waals surface area (Å²) in [6.45, 7) is 1.88. The van der Waals surface area contributed by atoms with Crippen LogP contribution in [0.2, 0.25) is 0 Å². The first-order chi connectivity index (χ1) is 6.00. The predicted molar refractivity (Wildman–Crippen MR) is 55.3 cm³/mol. The Labute approximate surface area is 88.5 Å². The van der Waals surface area contributed by atoms with Crippen LogP contribution in [0.25, 0.3) is 0 Å². The van der Waals surface area contributed by atoms with Crippen molar-refractivity contribution in [3.8, 4) is 0 Å². The standard InChI is InChI=1S/C7H10BrN3OS/c1-3-6(8)13-7(11-3)4(9)2-5(10)12/h4H,2,9H2,1H3,(H2,10,12). The van der Waals surface area contributed by atoms with Crippen molar-refractivity contribution >= 4 is 33.2 Å². The molecule has 1 unspecified atom stereocenters. The highest BCUT2D eigenvalue weighted by molar-refractivity contribution is 9.11. The van der Waals surface area contributed by atoms with Gasteiger partial charge in [0, 0.05) is 6.42 Å². The third-order valence-electron chi connectivity index (χ3n) is 1.49. The van der Waals surface area contributed by atoms with Gasteiger partial charge in [0.15, 0.2) is 0 Å². The first kappa shape index (κ1) is 10.6. The van der Waals surface area contributed by atoms with E-state index in [1.54, 1.807) is 0 Å². The molecule has 0 saturated carbocycles. The molecular formula is C7H10BrN3OS. The number of amides is 1. The molecule has 1 aromatic rings. The minimum absolute atomic E-state index is 0.138. The van der Waals surface area contributed by atoms with Crippen molar-refractivity contribution in [2.45, 2.75) is 19.4 Å². The van der Waals surface area contributed by atoms with E-state index in [-0.39, 0.29) is 12.5 Å². The van der Waals surface area contributed by atoms with E-state index >= 15 is 0 Å². The van der Waals surface area contributed by atoms with Gasteiger partial charge in [-0.3, -0.25) is 4.79 Å². The average molecular weight is 264 g/mol. The van der Waals surface area contributed by atoms with Gasteiger partial charge >= 0.3 is 0 Å². The second-order valence-corrected chi connectivity index (χ2v) is 5.04. The smallest absolute Gasteiger partial charge is 0.219 e. The highest BCUT2D eigenvalue weighted by Crippen LogP contribution is 2.28. The van der Waals surface area contributed by atoms with Gasteiger partial charge in [0.05, 0.1) is 15.5 Å². The summed E-state index contributed by atoms with van der Waals surface area (Å²) in [6, 6.07) is -0.382. The lowest BCUT2D eigenvalue weighted by atomic mass is 10.2. The normalized spacial score (nSPS) is 12.8. The van der Waals surface area contributed by atoms with Crippen molar-refractivity contribution in [3.63, 3.8) is 0 Å². The Balaban J connectivity index is 2.77. The third kappa shape index (κ3) is 2.75. The molecule has 13 heavy (non-hydrogen) atoms. The van der Waals surface area contributed by atoms with Crippen molar-refractivity contribution in [3.05, 3.63) is 14.5 Å². The van der Waals surface area contributed by atoms with Gasteiger partial charge in [-0.1, -0.05) is 0 Å². The Bertz CT molecular complexity index is 306. The summed E-state index contributed by atoms with van der Waals surface area (Å²) in [5.41, 5.74) is 11.6. The fraction of sp³-hybridized carbons (Fsp3) is 0.429. The van der Waals surface area contributed by atoms with E-state index in [1.165, 1.54) is 11.3 Å². The molecule has 0 saturated heterocycles. The predicted octanol–water partition coefficient (Wildman–Crippen LogP) is 1.09. The molecule has 0 aliphatic carbocycles. The molecule has 1 rings (SSSR count). The van der Waals surface area contributed by atoms with Crippen LogP contribution in [0.3, 0.4) is 0 Å². The summed E-state index contributed by atoms with van der Waals surface area (Å²) >= 11 is 4.77. The molecule has 1 atom stereocenters. The zero-order valence-electron chi connectivity index (χ0n) is 7.08. The molecular weight excluding hydrogens is 254 g/mol. The minimum atomic E-state index is -0.406. The number of nitrogens with zero attached hydrogens (tertiary/aromatic N) is 1. The molecule has 0 fully saturated rings. The number of primary amides is 1. The van der Waals surface area contributed by atoms with Crippen LogP contribution in [0.15, 0.2) is 3.79 Å². The molecule has 0 aliphatic heterocycles. The van der Waals surface area contributed by atoms with E-state index in [4.69, 9.17) is 11.5 Å². The lowest BCUT2D eigenvalue weighted by molar-refractivity contribution is -0.118. The van der Waals surface area contributed by atoms with Crippen molar-refractivity contribution in [1.29, 1.82) is 0 Å². The van der Waals surface area contributed by atoms with E-state index < -0.39 is 5.91 Å². The summed E-state index contributed by atoms with van der Waals surface area (Å²) in [5.74, 6) is -0.406. The largest absolute Gasteiger partial charge is 0.370 e. The summed E-state index contributed by atoms with van der Waals surface area (Å²) in [7, 11) is 0. The fourth-order valence-corrected chi connectivity index (χ4v) is 2.24. The van der Waals surface area contributed by atoms with E-state index in [0.29, 0.717) is 0 Å². The molecule has 72 valence electrons. The van der Waals surface area contributed by atoms with Crippen molar-refractivity contribution in [2.75, 3.05) is 0 Å². The van der Waals surface area contributed by atoms with Crippen LogP contribution in [0.5, 0.6) is 0 Å². The van der Waals surface area contributed by atoms with Crippen molar-refractivity contribution in [1.82, 2.24) is 4.98 Å². The number of rotatable bonds is 3.